The van der Waals surface area contributed by atoms with Crippen LogP contribution in [0.2, 0.25) is 0 Å². The SMILES string of the molecule is CC(C)(C)c1ncncc1CNC(=O)c1ccccn1. The summed E-state index contributed by atoms with van der Waals surface area (Å²) in [5, 5.41) is 2.85. The first-order valence-electron chi connectivity index (χ1n) is 6.47. The minimum absolute atomic E-state index is 0.0893. The molecule has 2 heterocycles. The van der Waals surface area contributed by atoms with Crippen LogP contribution < -0.4 is 5.32 Å². The van der Waals surface area contributed by atoms with Crippen molar-refractivity contribution in [1.29, 1.82) is 0 Å². The molecule has 0 saturated heterocycles. The Kier molecular flexibility index (Phi) is 4.08. The molecule has 0 aliphatic heterocycles. The molecule has 104 valence electrons. The summed E-state index contributed by atoms with van der Waals surface area (Å²) in [4.78, 5) is 24.3. The van der Waals surface area contributed by atoms with E-state index in [4.69, 9.17) is 0 Å². The summed E-state index contributed by atoms with van der Waals surface area (Å²) in [6.45, 7) is 6.64. The summed E-state index contributed by atoms with van der Waals surface area (Å²) in [5.41, 5.74) is 2.17. The average molecular weight is 270 g/mol. The van der Waals surface area contributed by atoms with Crippen molar-refractivity contribution in [2.45, 2.75) is 32.7 Å². The molecule has 5 heteroatoms. The molecule has 0 aromatic carbocycles. The van der Waals surface area contributed by atoms with E-state index in [0.29, 0.717) is 12.2 Å². The monoisotopic (exact) mass is 270 g/mol. The predicted octanol–water partition coefficient (Wildman–Crippen LogP) is 2.10. The standard InChI is InChI=1S/C15H18N4O/c1-15(2,3)13-11(8-16-10-19-13)9-18-14(20)12-6-4-5-7-17-12/h4-8,10H,9H2,1-3H3,(H,18,20). The van der Waals surface area contributed by atoms with E-state index in [0.717, 1.165) is 11.3 Å². The van der Waals surface area contributed by atoms with Crippen LogP contribution in [0.5, 0.6) is 0 Å². The Balaban J connectivity index is 2.11. The number of carbonyl (C=O) groups is 1. The first kappa shape index (κ1) is 14.1. The number of rotatable bonds is 3. The van der Waals surface area contributed by atoms with Crippen molar-refractivity contribution in [3.05, 3.63) is 53.9 Å². The highest BCUT2D eigenvalue weighted by Gasteiger charge is 2.20. The molecule has 2 rings (SSSR count). The lowest BCUT2D eigenvalue weighted by molar-refractivity contribution is 0.0945. The van der Waals surface area contributed by atoms with Crippen LogP contribution >= 0.6 is 0 Å². The Morgan fingerprint density at radius 1 is 1.25 bits per heavy atom. The normalized spacial score (nSPS) is 11.2. The van der Waals surface area contributed by atoms with Gasteiger partial charge in [-0.2, -0.15) is 0 Å². The van der Waals surface area contributed by atoms with E-state index in [-0.39, 0.29) is 11.3 Å². The highest BCUT2D eigenvalue weighted by molar-refractivity contribution is 5.92. The van der Waals surface area contributed by atoms with Gasteiger partial charge in [-0.1, -0.05) is 26.8 Å². The molecule has 0 saturated carbocycles. The van der Waals surface area contributed by atoms with Crippen LogP contribution in [0.15, 0.2) is 36.9 Å². The molecule has 2 aromatic heterocycles. The second-order valence-electron chi connectivity index (χ2n) is 5.54. The maximum absolute atomic E-state index is 12.0. The van der Waals surface area contributed by atoms with Gasteiger partial charge in [0.05, 0.1) is 5.69 Å². The zero-order valence-corrected chi connectivity index (χ0v) is 11.9. The molecular weight excluding hydrogens is 252 g/mol. The molecule has 2 aromatic rings. The van der Waals surface area contributed by atoms with Gasteiger partial charge in [0.1, 0.15) is 12.0 Å². The summed E-state index contributed by atoms with van der Waals surface area (Å²) in [6, 6.07) is 5.25. The van der Waals surface area contributed by atoms with E-state index in [9.17, 15) is 4.79 Å². The van der Waals surface area contributed by atoms with E-state index < -0.39 is 0 Å². The smallest absolute Gasteiger partial charge is 0.270 e. The van der Waals surface area contributed by atoms with Crippen molar-refractivity contribution in [1.82, 2.24) is 20.3 Å². The maximum atomic E-state index is 12.0. The fourth-order valence-corrected chi connectivity index (χ4v) is 1.93. The first-order valence-corrected chi connectivity index (χ1v) is 6.47. The van der Waals surface area contributed by atoms with Crippen LogP contribution in [-0.2, 0) is 12.0 Å². The van der Waals surface area contributed by atoms with Gasteiger partial charge >= 0.3 is 0 Å². The fraction of sp³-hybridized carbons (Fsp3) is 0.333. The Morgan fingerprint density at radius 3 is 2.70 bits per heavy atom. The predicted molar refractivity (Wildman–Crippen MR) is 76.1 cm³/mol. The molecule has 0 spiro atoms. The van der Waals surface area contributed by atoms with Crippen molar-refractivity contribution in [3.63, 3.8) is 0 Å². The minimum Gasteiger partial charge on any atom is -0.346 e. The summed E-state index contributed by atoms with van der Waals surface area (Å²) < 4.78 is 0. The number of nitrogens with zero attached hydrogens (tertiary/aromatic N) is 3. The summed E-state index contributed by atoms with van der Waals surface area (Å²) >= 11 is 0. The molecule has 5 nitrogen and oxygen atoms in total. The summed E-state index contributed by atoms with van der Waals surface area (Å²) in [6.07, 6.45) is 4.87. The molecule has 0 fully saturated rings. The van der Waals surface area contributed by atoms with Crippen LogP contribution in [0.3, 0.4) is 0 Å². The Bertz CT molecular complexity index is 590. The molecule has 0 bridgehead atoms. The largest absolute Gasteiger partial charge is 0.346 e. The zero-order chi connectivity index (χ0) is 14.6. The van der Waals surface area contributed by atoms with Gasteiger partial charge in [0.15, 0.2) is 0 Å². The lowest BCUT2D eigenvalue weighted by Crippen LogP contribution is -2.26. The van der Waals surface area contributed by atoms with E-state index in [1.165, 1.54) is 6.33 Å². The van der Waals surface area contributed by atoms with Crippen LogP contribution in [0, 0.1) is 0 Å². The van der Waals surface area contributed by atoms with Crippen molar-refractivity contribution in [2.75, 3.05) is 0 Å². The Morgan fingerprint density at radius 2 is 2.05 bits per heavy atom. The summed E-state index contributed by atoms with van der Waals surface area (Å²) in [7, 11) is 0. The van der Waals surface area contributed by atoms with Crippen LogP contribution in [-0.4, -0.2) is 20.9 Å². The highest BCUT2D eigenvalue weighted by atomic mass is 16.1. The molecule has 0 unspecified atom stereocenters. The van der Waals surface area contributed by atoms with Crippen molar-refractivity contribution < 1.29 is 4.79 Å². The van der Waals surface area contributed by atoms with Gasteiger partial charge < -0.3 is 5.32 Å². The van der Waals surface area contributed by atoms with Gasteiger partial charge in [0, 0.05) is 29.9 Å². The van der Waals surface area contributed by atoms with Crippen LogP contribution in [0.25, 0.3) is 0 Å². The zero-order valence-electron chi connectivity index (χ0n) is 11.9. The number of amides is 1. The Hall–Kier alpha value is -2.30. The van der Waals surface area contributed by atoms with Gasteiger partial charge in [0.2, 0.25) is 0 Å². The quantitative estimate of drug-likeness (QED) is 0.927. The molecule has 0 aliphatic rings. The van der Waals surface area contributed by atoms with Crippen molar-refractivity contribution in [2.24, 2.45) is 0 Å². The van der Waals surface area contributed by atoms with Crippen LogP contribution in [0.4, 0.5) is 0 Å². The first-order chi connectivity index (χ1) is 9.48. The van der Waals surface area contributed by atoms with Gasteiger partial charge in [-0.3, -0.25) is 9.78 Å². The topological polar surface area (TPSA) is 67.8 Å². The molecule has 0 aliphatic carbocycles. The van der Waals surface area contributed by atoms with Gasteiger partial charge in [0.25, 0.3) is 5.91 Å². The van der Waals surface area contributed by atoms with Gasteiger partial charge in [-0.05, 0) is 12.1 Å². The summed E-state index contributed by atoms with van der Waals surface area (Å²) in [5.74, 6) is -0.200. The highest BCUT2D eigenvalue weighted by Crippen LogP contribution is 2.22. The Labute approximate surface area is 118 Å². The van der Waals surface area contributed by atoms with E-state index in [2.05, 4.69) is 41.0 Å². The maximum Gasteiger partial charge on any atom is 0.270 e. The number of hydrogen-bond donors (Lipinski definition) is 1. The van der Waals surface area contributed by atoms with E-state index >= 15 is 0 Å². The fourth-order valence-electron chi connectivity index (χ4n) is 1.93. The number of carbonyl (C=O) groups excluding carboxylic acids is 1. The molecule has 1 N–H and O–H groups in total. The number of hydrogen-bond acceptors (Lipinski definition) is 4. The van der Waals surface area contributed by atoms with Gasteiger partial charge in [-0.15, -0.1) is 0 Å². The molecule has 0 radical (unpaired) electrons. The number of pyridine rings is 1. The second kappa shape index (κ2) is 5.77. The van der Waals surface area contributed by atoms with Crippen LogP contribution in [0.1, 0.15) is 42.5 Å². The molecule has 1 amide bonds. The average Bonchev–Trinajstić information content (AvgIpc) is 2.45. The van der Waals surface area contributed by atoms with E-state index in [1.807, 2.05) is 0 Å². The third-order valence-corrected chi connectivity index (χ3v) is 2.84. The third kappa shape index (κ3) is 3.38. The second-order valence-corrected chi connectivity index (χ2v) is 5.54. The third-order valence-electron chi connectivity index (χ3n) is 2.84. The lowest BCUT2D eigenvalue weighted by atomic mass is 9.89. The molecular formula is C15H18N4O. The minimum atomic E-state index is -0.200. The number of aromatic nitrogens is 3. The molecule has 0 atom stereocenters. The van der Waals surface area contributed by atoms with Crippen molar-refractivity contribution in [3.8, 4) is 0 Å². The molecule has 20 heavy (non-hydrogen) atoms. The van der Waals surface area contributed by atoms with Crippen molar-refractivity contribution >= 4 is 5.91 Å². The number of nitrogens with one attached hydrogen (secondary N) is 1. The van der Waals surface area contributed by atoms with E-state index in [1.54, 1.807) is 30.6 Å². The lowest BCUT2D eigenvalue weighted by Gasteiger charge is -2.20. The van der Waals surface area contributed by atoms with Gasteiger partial charge in [-0.25, -0.2) is 9.97 Å².